The zero-order valence-corrected chi connectivity index (χ0v) is 11.4. The summed E-state index contributed by atoms with van der Waals surface area (Å²) in [7, 11) is 0. The van der Waals surface area contributed by atoms with Crippen LogP contribution < -0.4 is 20.1 Å². The van der Waals surface area contributed by atoms with Crippen molar-refractivity contribution in [3.05, 3.63) is 23.8 Å². The number of rotatable bonds is 6. The number of carbonyl (C=O) groups is 1. The number of amides is 1. The Labute approximate surface area is 113 Å². The van der Waals surface area contributed by atoms with E-state index in [0.717, 1.165) is 23.6 Å². The Balaban J connectivity index is 1.74. The van der Waals surface area contributed by atoms with E-state index in [9.17, 15) is 4.79 Å². The molecule has 1 aliphatic rings. The molecule has 0 radical (unpaired) electrons. The highest BCUT2D eigenvalue weighted by Gasteiger charge is 2.13. The van der Waals surface area contributed by atoms with Gasteiger partial charge in [-0.15, -0.1) is 0 Å². The van der Waals surface area contributed by atoms with Crippen molar-refractivity contribution < 1.29 is 14.3 Å². The average Bonchev–Trinajstić information content (AvgIpc) is 2.83. The number of benzene rings is 1. The number of hydrogen-bond donors (Lipinski definition) is 2. The van der Waals surface area contributed by atoms with Crippen molar-refractivity contribution in [3.8, 4) is 11.5 Å². The summed E-state index contributed by atoms with van der Waals surface area (Å²) in [5.41, 5.74) is 1.00. The molecule has 0 unspecified atom stereocenters. The van der Waals surface area contributed by atoms with E-state index in [4.69, 9.17) is 9.47 Å². The van der Waals surface area contributed by atoms with Gasteiger partial charge in [0.25, 0.3) is 0 Å². The third-order valence-corrected chi connectivity index (χ3v) is 2.76. The molecule has 1 heterocycles. The van der Waals surface area contributed by atoms with E-state index in [-0.39, 0.29) is 12.7 Å². The van der Waals surface area contributed by atoms with Crippen LogP contribution in [0, 0.1) is 5.92 Å². The number of nitrogens with one attached hydrogen (secondary N) is 2. The summed E-state index contributed by atoms with van der Waals surface area (Å²) >= 11 is 0. The molecule has 2 N–H and O–H groups in total. The van der Waals surface area contributed by atoms with Crippen molar-refractivity contribution in [2.75, 3.05) is 19.9 Å². The van der Waals surface area contributed by atoms with E-state index in [2.05, 4.69) is 24.5 Å². The average molecular weight is 264 g/mol. The third-order valence-electron chi connectivity index (χ3n) is 2.76. The van der Waals surface area contributed by atoms with Crippen molar-refractivity contribution in [3.63, 3.8) is 0 Å². The summed E-state index contributed by atoms with van der Waals surface area (Å²) in [5, 5.41) is 5.97. The van der Waals surface area contributed by atoms with Crippen LogP contribution in [0.2, 0.25) is 0 Å². The first kappa shape index (κ1) is 13.7. The molecule has 5 nitrogen and oxygen atoms in total. The van der Waals surface area contributed by atoms with Crippen LogP contribution in [0.4, 0.5) is 0 Å². The van der Waals surface area contributed by atoms with Crippen molar-refractivity contribution in [2.24, 2.45) is 5.92 Å². The summed E-state index contributed by atoms with van der Waals surface area (Å²) in [6, 6.07) is 5.68. The van der Waals surface area contributed by atoms with E-state index in [0.29, 0.717) is 19.0 Å². The van der Waals surface area contributed by atoms with Gasteiger partial charge in [0.15, 0.2) is 11.5 Å². The van der Waals surface area contributed by atoms with Crippen molar-refractivity contribution >= 4 is 5.91 Å². The maximum absolute atomic E-state index is 11.6. The van der Waals surface area contributed by atoms with Crippen LogP contribution in [-0.4, -0.2) is 25.8 Å². The number of fused-ring (bicyclic) bond motifs is 1. The molecule has 0 bridgehead atoms. The molecule has 2 rings (SSSR count). The highest BCUT2D eigenvalue weighted by atomic mass is 16.7. The second-order valence-corrected chi connectivity index (χ2v) is 4.99. The number of hydrogen-bond acceptors (Lipinski definition) is 4. The maximum atomic E-state index is 11.6. The molecule has 19 heavy (non-hydrogen) atoms. The van der Waals surface area contributed by atoms with E-state index in [1.807, 2.05) is 18.2 Å². The smallest absolute Gasteiger partial charge is 0.234 e. The molecule has 0 saturated carbocycles. The van der Waals surface area contributed by atoms with Crippen LogP contribution in [0.3, 0.4) is 0 Å². The van der Waals surface area contributed by atoms with E-state index >= 15 is 0 Å². The second-order valence-electron chi connectivity index (χ2n) is 4.99. The summed E-state index contributed by atoms with van der Waals surface area (Å²) in [4.78, 5) is 11.6. The molecule has 1 aliphatic heterocycles. The first-order valence-electron chi connectivity index (χ1n) is 6.51. The summed E-state index contributed by atoms with van der Waals surface area (Å²) in [5.74, 6) is 2.04. The Morgan fingerprint density at radius 3 is 2.89 bits per heavy atom. The molecule has 0 fully saturated rings. The van der Waals surface area contributed by atoms with Gasteiger partial charge in [0.2, 0.25) is 12.7 Å². The van der Waals surface area contributed by atoms with Crippen molar-refractivity contribution in [1.82, 2.24) is 10.6 Å². The largest absolute Gasteiger partial charge is 0.454 e. The van der Waals surface area contributed by atoms with Crippen LogP contribution >= 0.6 is 0 Å². The fourth-order valence-corrected chi connectivity index (χ4v) is 1.79. The van der Waals surface area contributed by atoms with Crippen molar-refractivity contribution in [1.29, 1.82) is 0 Å². The normalized spacial score (nSPS) is 12.8. The minimum atomic E-state index is -0.00156. The van der Waals surface area contributed by atoms with Crippen molar-refractivity contribution in [2.45, 2.75) is 20.4 Å². The fraction of sp³-hybridized carbons (Fsp3) is 0.500. The molecule has 1 aromatic rings. The minimum absolute atomic E-state index is 0.00156. The summed E-state index contributed by atoms with van der Waals surface area (Å²) < 4.78 is 10.5. The minimum Gasteiger partial charge on any atom is -0.454 e. The second kappa shape index (κ2) is 6.43. The van der Waals surface area contributed by atoms with Gasteiger partial charge in [-0.05, 0) is 30.2 Å². The predicted molar refractivity (Wildman–Crippen MR) is 72.1 cm³/mol. The quantitative estimate of drug-likeness (QED) is 0.812. The molecule has 1 aromatic carbocycles. The molecular formula is C14H20N2O3. The zero-order chi connectivity index (χ0) is 13.7. The Kier molecular flexibility index (Phi) is 4.63. The van der Waals surface area contributed by atoms with Gasteiger partial charge >= 0.3 is 0 Å². The highest BCUT2D eigenvalue weighted by molar-refractivity contribution is 5.78. The monoisotopic (exact) mass is 264 g/mol. The highest BCUT2D eigenvalue weighted by Crippen LogP contribution is 2.32. The zero-order valence-electron chi connectivity index (χ0n) is 11.4. The van der Waals surface area contributed by atoms with E-state index in [1.54, 1.807) is 0 Å². The first-order valence-corrected chi connectivity index (χ1v) is 6.51. The SMILES string of the molecule is CC(C)CNCC(=O)NCc1ccc2c(c1)OCO2. The molecule has 0 aromatic heterocycles. The molecule has 0 atom stereocenters. The number of ether oxygens (including phenoxy) is 2. The summed E-state index contributed by atoms with van der Waals surface area (Å²) in [6.45, 7) is 6.18. The Bertz CT molecular complexity index is 446. The lowest BCUT2D eigenvalue weighted by atomic mass is 10.2. The van der Waals surface area contributed by atoms with Gasteiger partial charge < -0.3 is 20.1 Å². The topological polar surface area (TPSA) is 59.6 Å². The van der Waals surface area contributed by atoms with Gasteiger partial charge in [0.05, 0.1) is 6.54 Å². The number of carbonyl (C=O) groups excluding carboxylic acids is 1. The van der Waals surface area contributed by atoms with Gasteiger partial charge in [-0.25, -0.2) is 0 Å². The maximum Gasteiger partial charge on any atom is 0.234 e. The Hall–Kier alpha value is -1.75. The molecule has 0 saturated heterocycles. The van der Waals surface area contributed by atoms with Gasteiger partial charge in [0.1, 0.15) is 0 Å². The van der Waals surface area contributed by atoms with Gasteiger partial charge in [-0.1, -0.05) is 19.9 Å². The molecule has 1 amide bonds. The Morgan fingerprint density at radius 1 is 1.32 bits per heavy atom. The summed E-state index contributed by atoms with van der Waals surface area (Å²) in [6.07, 6.45) is 0. The van der Waals surface area contributed by atoms with E-state index in [1.165, 1.54) is 0 Å². The van der Waals surface area contributed by atoms with Crippen LogP contribution in [0.5, 0.6) is 11.5 Å². The Morgan fingerprint density at radius 2 is 2.11 bits per heavy atom. The van der Waals surface area contributed by atoms with Crippen LogP contribution in [0.1, 0.15) is 19.4 Å². The molecule has 0 aliphatic carbocycles. The van der Waals surface area contributed by atoms with E-state index < -0.39 is 0 Å². The first-order chi connectivity index (χ1) is 9.15. The molecular weight excluding hydrogens is 244 g/mol. The molecule has 0 spiro atoms. The van der Waals surface area contributed by atoms with Gasteiger partial charge in [-0.2, -0.15) is 0 Å². The van der Waals surface area contributed by atoms with Gasteiger partial charge in [0, 0.05) is 6.54 Å². The lowest BCUT2D eigenvalue weighted by molar-refractivity contribution is -0.120. The lowest BCUT2D eigenvalue weighted by Gasteiger charge is -2.08. The standard InChI is InChI=1S/C14H20N2O3/c1-10(2)6-15-8-14(17)16-7-11-3-4-12-13(5-11)19-9-18-12/h3-5,10,15H,6-9H2,1-2H3,(H,16,17). The fourth-order valence-electron chi connectivity index (χ4n) is 1.79. The third kappa shape index (κ3) is 4.13. The van der Waals surface area contributed by atoms with Gasteiger partial charge in [-0.3, -0.25) is 4.79 Å². The van der Waals surface area contributed by atoms with Crippen LogP contribution in [-0.2, 0) is 11.3 Å². The predicted octanol–water partition coefficient (Wildman–Crippen LogP) is 1.28. The molecule has 104 valence electrons. The molecule has 5 heteroatoms. The van der Waals surface area contributed by atoms with Crippen LogP contribution in [0.25, 0.3) is 0 Å². The lowest BCUT2D eigenvalue weighted by Crippen LogP contribution is -2.34. The van der Waals surface area contributed by atoms with Crippen LogP contribution in [0.15, 0.2) is 18.2 Å².